The van der Waals surface area contributed by atoms with E-state index in [-0.39, 0.29) is 11.8 Å². The number of carbonyl (C=O) groups is 2. The topological polar surface area (TPSA) is 43.4 Å². The van der Waals surface area contributed by atoms with E-state index in [4.69, 9.17) is 4.74 Å². The molecule has 5 heteroatoms. The molecule has 0 saturated heterocycles. The van der Waals surface area contributed by atoms with E-state index in [2.05, 4.69) is 38.5 Å². The molecule has 0 heterocycles. The first kappa shape index (κ1) is 14.6. The monoisotopic (exact) mass is 410 g/mol. The molecule has 0 bridgehead atoms. The first-order chi connectivity index (χ1) is 8.08. The van der Waals surface area contributed by atoms with Crippen molar-refractivity contribution in [2.24, 2.45) is 0 Å². The molecule has 0 radical (unpaired) electrons. The van der Waals surface area contributed by atoms with E-state index >= 15 is 0 Å². The van der Waals surface area contributed by atoms with Crippen LogP contribution in [-0.2, 0) is 16.0 Å². The van der Waals surface area contributed by atoms with Gasteiger partial charge in [-0.1, -0.05) is 22.0 Å². The highest BCUT2D eigenvalue weighted by Gasteiger charge is 2.12. The number of carbonyl (C=O) groups excluding carboxylic acids is 2. The first-order valence-electron chi connectivity index (χ1n) is 5.11. The standard InChI is InChI=1S/C12H12BrIO3/c1-2-17-12(16)10-4-3-8(6-11(10)14)5-9(15)7-13/h3-4,6H,2,5,7H2,1H3. The van der Waals surface area contributed by atoms with Crippen LogP contribution in [0.4, 0.5) is 0 Å². The van der Waals surface area contributed by atoms with E-state index in [1.165, 1.54) is 0 Å². The van der Waals surface area contributed by atoms with Gasteiger partial charge in [0.2, 0.25) is 0 Å². The molecule has 0 unspecified atom stereocenters. The summed E-state index contributed by atoms with van der Waals surface area (Å²) in [5.41, 5.74) is 1.45. The highest BCUT2D eigenvalue weighted by molar-refractivity contribution is 14.1. The summed E-state index contributed by atoms with van der Waals surface area (Å²) in [6, 6.07) is 5.33. The zero-order valence-corrected chi connectivity index (χ0v) is 13.1. The lowest BCUT2D eigenvalue weighted by atomic mass is 10.1. The van der Waals surface area contributed by atoms with Crippen LogP contribution in [-0.4, -0.2) is 23.7 Å². The fourth-order valence-corrected chi connectivity index (χ4v) is 2.32. The summed E-state index contributed by atoms with van der Waals surface area (Å²) in [6.07, 6.45) is 0.379. The van der Waals surface area contributed by atoms with Gasteiger partial charge in [0.05, 0.1) is 17.5 Å². The molecule has 3 nitrogen and oxygen atoms in total. The lowest BCUT2D eigenvalue weighted by Gasteiger charge is -2.06. The maximum absolute atomic E-state index is 11.6. The largest absolute Gasteiger partial charge is 0.462 e. The number of halogens is 2. The van der Waals surface area contributed by atoms with Crippen molar-refractivity contribution in [2.75, 3.05) is 11.9 Å². The van der Waals surface area contributed by atoms with Gasteiger partial charge >= 0.3 is 5.97 Å². The van der Waals surface area contributed by atoms with Gasteiger partial charge in [-0.05, 0) is 47.2 Å². The van der Waals surface area contributed by atoms with Crippen LogP contribution in [0.15, 0.2) is 18.2 Å². The molecule has 1 rings (SSSR count). The van der Waals surface area contributed by atoms with Crippen LogP contribution >= 0.6 is 38.5 Å². The first-order valence-corrected chi connectivity index (χ1v) is 7.31. The molecule has 0 aliphatic rings. The summed E-state index contributed by atoms with van der Waals surface area (Å²) in [5, 5.41) is 0.350. The summed E-state index contributed by atoms with van der Waals surface area (Å²) in [4.78, 5) is 22.8. The Kier molecular flexibility index (Phi) is 6.11. The van der Waals surface area contributed by atoms with Crippen LogP contribution in [0.1, 0.15) is 22.8 Å². The van der Waals surface area contributed by atoms with Crippen molar-refractivity contribution in [2.45, 2.75) is 13.3 Å². The van der Waals surface area contributed by atoms with Crippen molar-refractivity contribution < 1.29 is 14.3 Å². The second kappa shape index (κ2) is 7.10. The van der Waals surface area contributed by atoms with Crippen LogP contribution in [0.3, 0.4) is 0 Å². The molecule has 0 fully saturated rings. The average Bonchev–Trinajstić information content (AvgIpc) is 2.29. The molecule has 0 aromatic heterocycles. The molecule has 0 spiro atoms. The Morgan fingerprint density at radius 2 is 2.12 bits per heavy atom. The number of alkyl halides is 1. The Morgan fingerprint density at radius 3 is 2.65 bits per heavy atom. The summed E-state index contributed by atoms with van der Waals surface area (Å²) >= 11 is 5.20. The normalized spacial score (nSPS) is 10.1. The van der Waals surface area contributed by atoms with Crippen LogP contribution in [0.5, 0.6) is 0 Å². The van der Waals surface area contributed by atoms with Crippen molar-refractivity contribution in [1.29, 1.82) is 0 Å². The minimum atomic E-state index is -0.324. The predicted molar refractivity (Wildman–Crippen MR) is 77.6 cm³/mol. The summed E-state index contributed by atoms with van der Waals surface area (Å²) in [5.74, 6) is -0.208. The van der Waals surface area contributed by atoms with Crippen molar-refractivity contribution in [3.05, 3.63) is 32.9 Å². The van der Waals surface area contributed by atoms with Crippen LogP contribution in [0, 0.1) is 3.57 Å². The zero-order valence-electron chi connectivity index (χ0n) is 9.33. The SMILES string of the molecule is CCOC(=O)c1ccc(CC(=O)CBr)cc1I. The highest BCUT2D eigenvalue weighted by Crippen LogP contribution is 2.16. The number of ether oxygens (including phenoxy) is 1. The van der Waals surface area contributed by atoms with Gasteiger partial charge in [-0.25, -0.2) is 4.79 Å². The van der Waals surface area contributed by atoms with Crippen LogP contribution < -0.4 is 0 Å². The molecule has 1 aromatic carbocycles. The number of rotatable bonds is 5. The van der Waals surface area contributed by atoms with Crippen molar-refractivity contribution in [1.82, 2.24) is 0 Å². The molecule has 0 saturated carbocycles. The molecule has 0 aliphatic heterocycles. The lowest BCUT2D eigenvalue weighted by Crippen LogP contribution is -2.08. The van der Waals surface area contributed by atoms with E-state index in [0.717, 1.165) is 9.13 Å². The predicted octanol–water partition coefficient (Wildman–Crippen LogP) is 2.97. The quantitative estimate of drug-likeness (QED) is 0.425. The number of benzene rings is 1. The van der Waals surface area contributed by atoms with Gasteiger partial charge in [-0.3, -0.25) is 4.79 Å². The fraction of sp³-hybridized carbons (Fsp3) is 0.333. The molecular formula is C12H12BrIO3. The second-order valence-electron chi connectivity index (χ2n) is 3.38. The van der Waals surface area contributed by atoms with Gasteiger partial charge in [-0.15, -0.1) is 0 Å². The molecule has 0 amide bonds. The van der Waals surface area contributed by atoms with E-state index in [0.29, 0.717) is 23.9 Å². The van der Waals surface area contributed by atoms with Gasteiger partial charge in [0.1, 0.15) is 5.78 Å². The minimum absolute atomic E-state index is 0.115. The maximum atomic E-state index is 11.6. The highest BCUT2D eigenvalue weighted by atomic mass is 127. The van der Waals surface area contributed by atoms with Crippen molar-refractivity contribution in [3.63, 3.8) is 0 Å². The number of esters is 1. The van der Waals surface area contributed by atoms with Crippen LogP contribution in [0.25, 0.3) is 0 Å². The second-order valence-corrected chi connectivity index (χ2v) is 5.11. The average molecular weight is 411 g/mol. The molecule has 0 atom stereocenters. The number of hydrogen-bond acceptors (Lipinski definition) is 3. The molecule has 0 N–H and O–H groups in total. The van der Waals surface area contributed by atoms with Crippen molar-refractivity contribution >= 4 is 50.3 Å². The smallest absolute Gasteiger partial charge is 0.339 e. The zero-order chi connectivity index (χ0) is 12.8. The Morgan fingerprint density at radius 1 is 1.41 bits per heavy atom. The molecular weight excluding hydrogens is 399 g/mol. The third-order valence-electron chi connectivity index (χ3n) is 2.08. The van der Waals surface area contributed by atoms with E-state index in [1.54, 1.807) is 19.1 Å². The van der Waals surface area contributed by atoms with E-state index < -0.39 is 0 Å². The molecule has 0 aliphatic carbocycles. The Balaban J connectivity index is 2.86. The number of hydrogen-bond donors (Lipinski definition) is 0. The third kappa shape index (κ3) is 4.39. The Labute approximate surface area is 122 Å². The molecule has 17 heavy (non-hydrogen) atoms. The van der Waals surface area contributed by atoms with E-state index in [9.17, 15) is 9.59 Å². The lowest BCUT2D eigenvalue weighted by molar-refractivity contribution is -0.115. The Hall–Kier alpha value is -0.430. The summed E-state index contributed by atoms with van der Waals surface area (Å²) < 4.78 is 5.74. The fourth-order valence-electron chi connectivity index (χ4n) is 1.32. The van der Waals surface area contributed by atoms with Crippen molar-refractivity contribution in [3.8, 4) is 0 Å². The summed E-state index contributed by atoms with van der Waals surface area (Å²) in [6.45, 7) is 2.13. The minimum Gasteiger partial charge on any atom is -0.462 e. The van der Waals surface area contributed by atoms with Gasteiger partial charge in [0.15, 0.2) is 0 Å². The van der Waals surface area contributed by atoms with Gasteiger partial charge in [0, 0.05) is 9.99 Å². The Bertz CT molecular complexity index is 432. The third-order valence-corrected chi connectivity index (χ3v) is 3.60. The van der Waals surface area contributed by atoms with Crippen LogP contribution in [0.2, 0.25) is 0 Å². The number of ketones is 1. The summed E-state index contributed by atoms with van der Waals surface area (Å²) in [7, 11) is 0. The number of Topliss-reactive ketones (excluding diaryl/α,β-unsaturated/α-hetero) is 1. The van der Waals surface area contributed by atoms with Gasteiger partial charge < -0.3 is 4.74 Å². The van der Waals surface area contributed by atoms with E-state index in [1.807, 2.05) is 6.07 Å². The molecule has 1 aromatic rings. The molecule has 92 valence electrons. The maximum Gasteiger partial charge on any atom is 0.339 e. The van der Waals surface area contributed by atoms with Gasteiger partial charge in [-0.2, -0.15) is 0 Å². The van der Waals surface area contributed by atoms with Gasteiger partial charge in [0.25, 0.3) is 0 Å².